The molecule has 0 saturated carbocycles. The van der Waals surface area contributed by atoms with Gasteiger partial charge in [-0.15, -0.1) is 0 Å². The molecule has 138 valence electrons. The smallest absolute Gasteiger partial charge is 0.337 e. The molecule has 0 heterocycles. The molecule has 2 aromatic rings. The van der Waals surface area contributed by atoms with Crippen molar-refractivity contribution in [3.8, 4) is 11.5 Å². The third kappa shape index (κ3) is 5.24. The van der Waals surface area contributed by atoms with Gasteiger partial charge in [0.25, 0.3) is 5.91 Å². The number of amides is 1. The molecule has 0 saturated heterocycles. The number of esters is 1. The molecular weight excluding hydrogens is 334 g/mol. The molecule has 0 aliphatic carbocycles. The Balaban J connectivity index is 2.05. The highest BCUT2D eigenvalue weighted by molar-refractivity contribution is 5.95. The predicted molar refractivity (Wildman–Crippen MR) is 97.7 cm³/mol. The van der Waals surface area contributed by atoms with Crippen LogP contribution in [0.4, 0.5) is 0 Å². The van der Waals surface area contributed by atoms with Crippen LogP contribution in [0.5, 0.6) is 11.5 Å². The van der Waals surface area contributed by atoms with Gasteiger partial charge in [-0.2, -0.15) is 0 Å². The minimum Gasteiger partial charge on any atom is -0.494 e. The molecule has 0 spiro atoms. The van der Waals surface area contributed by atoms with Gasteiger partial charge in [-0.3, -0.25) is 4.79 Å². The fraction of sp³-hybridized carbons (Fsp3) is 0.300. The molecule has 0 unspecified atom stereocenters. The lowest BCUT2D eigenvalue weighted by Gasteiger charge is -2.11. The van der Waals surface area contributed by atoms with E-state index in [0.717, 1.165) is 5.56 Å². The zero-order chi connectivity index (χ0) is 18.9. The molecule has 0 aliphatic rings. The highest BCUT2D eigenvalue weighted by atomic mass is 16.5. The van der Waals surface area contributed by atoms with E-state index in [9.17, 15) is 9.59 Å². The van der Waals surface area contributed by atoms with Crippen molar-refractivity contribution in [2.75, 3.05) is 20.3 Å². The lowest BCUT2D eigenvalue weighted by atomic mass is 10.1. The predicted octanol–water partition coefficient (Wildman–Crippen LogP) is 3.20. The second-order valence-electron chi connectivity index (χ2n) is 5.43. The zero-order valence-electron chi connectivity index (χ0n) is 15.2. The van der Waals surface area contributed by atoms with Crippen LogP contribution in [0.15, 0.2) is 42.5 Å². The maximum atomic E-state index is 12.5. The van der Waals surface area contributed by atoms with Crippen LogP contribution in [0.1, 0.15) is 40.1 Å². The summed E-state index contributed by atoms with van der Waals surface area (Å²) in [5.74, 6) is 0.554. The number of methoxy groups -OCH3 is 1. The molecule has 0 atom stereocenters. The monoisotopic (exact) mass is 357 g/mol. The van der Waals surface area contributed by atoms with Gasteiger partial charge in [0.2, 0.25) is 0 Å². The largest absolute Gasteiger partial charge is 0.494 e. The second kappa shape index (κ2) is 9.46. The summed E-state index contributed by atoms with van der Waals surface area (Å²) in [4.78, 5) is 23.9. The van der Waals surface area contributed by atoms with Crippen molar-refractivity contribution in [2.45, 2.75) is 20.4 Å². The maximum Gasteiger partial charge on any atom is 0.337 e. The summed E-state index contributed by atoms with van der Waals surface area (Å²) in [5, 5.41) is 2.85. The minimum absolute atomic E-state index is 0.232. The molecule has 1 amide bonds. The van der Waals surface area contributed by atoms with Crippen LogP contribution in [-0.2, 0) is 11.3 Å². The summed E-state index contributed by atoms with van der Waals surface area (Å²) < 4.78 is 15.6. The number of benzene rings is 2. The lowest BCUT2D eigenvalue weighted by Crippen LogP contribution is -2.23. The summed E-state index contributed by atoms with van der Waals surface area (Å²) >= 11 is 0. The van der Waals surface area contributed by atoms with E-state index in [-0.39, 0.29) is 5.91 Å². The van der Waals surface area contributed by atoms with Crippen molar-refractivity contribution in [1.29, 1.82) is 0 Å². The SMILES string of the molecule is CCOc1cc(OCC)cc(C(=O)NCc2ccc(C(=O)OC)cc2)c1. The minimum atomic E-state index is -0.392. The Hall–Kier alpha value is -3.02. The van der Waals surface area contributed by atoms with Crippen LogP contribution < -0.4 is 14.8 Å². The standard InChI is InChI=1S/C20H23NO5/c1-4-25-17-10-16(11-18(12-17)26-5-2)19(22)21-13-14-6-8-15(9-7-14)20(23)24-3/h6-12H,4-5,13H2,1-3H3,(H,21,22). The third-order valence-electron chi connectivity index (χ3n) is 3.59. The molecule has 0 radical (unpaired) electrons. The van der Waals surface area contributed by atoms with Gasteiger partial charge in [0.05, 0.1) is 25.9 Å². The highest BCUT2D eigenvalue weighted by Crippen LogP contribution is 2.23. The Labute approximate surface area is 153 Å². The van der Waals surface area contributed by atoms with Crippen molar-refractivity contribution in [2.24, 2.45) is 0 Å². The molecule has 6 heteroatoms. The van der Waals surface area contributed by atoms with Crippen LogP contribution in [0, 0.1) is 0 Å². The van der Waals surface area contributed by atoms with E-state index in [1.807, 2.05) is 13.8 Å². The van der Waals surface area contributed by atoms with E-state index < -0.39 is 5.97 Å². The van der Waals surface area contributed by atoms with Crippen molar-refractivity contribution in [1.82, 2.24) is 5.32 Å². The van der Waals surface area contributed by atoms with Gasteiger partial charge in [-0.1, -0.05) is 12.1 Å². The molecule has 2 rings (SSSR count). The third-order valence-corrected chi connectivity index (χ3v) is 3.59. The quantitative estimate of drug-likeness (QED) is 0.735. The van der Waals surface area contributed by atoms with Gasteiger partial charge < -0.3 is 19.5 Å². The van der Waals surface area contributed by atoms with Crippen molar-refractivity contribution in [3.05, 3.63) is 59.2 Å². The topological polar surface area (TPSA) is 73.9 Å². The fourth-order valence-electron chi connectivity index (χ4n) is 2.36. The van der Waals surface area contributed by atoms with Crippen molar-refractivity contribution in [3.63, 3.8) is 0 Å². The summed E-state index contributed by atoms with van der Waals surface area (Å²) in [6.45, 7) is 5.10. The van der Waals surface area contributed by atoms with E-state index in [1.165, 1.54) is 7.11 Å². The Morgan fingerprint density at radius 1 is 0.885 bits per heavy atom. The average Bonchev–Trinajstić information content (AvgIpc) is 2.66. The first kappa shape index (κ1) is 19.3. The number of rotatable bonds is 8. The number of hydrogen-bond acceptors (Lipinski definition) is 5. The molecular formula is C20H23NO5. The van der Waals surface area contributed by atoms with Crippen LogP contribution in [-0.4, -0.2) is 32.2 Å². The van der Waals surface area contributed by atoms with E-state index in [2.05, 4.69) is 10.1 Å². The highest BCUT2D eigenvalue weighted by Gasteiger charge is 2.11. The van der Waals surface area contributed by atoms with Gasteiger partial charge in [0, 0.05) is 18.2 Å². The molecule has 0 fully saturated rings. The number of hydrogen-bond donors (Lipinski definition) is 1. The molecule has 2 aromatic carbocycles. The lowest BCUT2D eigenvalue weighted by molar-refractivity contribution is 0.0600. The molecule has 0 bridgehead atoms. The first-order valence-corrected chi connectivity index (χ1v) is 8.43. The zero-order valence-corrected chi connectivity index (χ0v) is 15.2. The van der Waals surface area contributed by atoms with Crippen LogP contribution >= 0.6 is 0 Å². The average molecular weight is 357 g/mol. The second-order valence-corrected chi connectivity index (χ2v) is 5.43. The fourth-order valence-corrected chi connectivity index (χ4v) is 2.36. The summed E-state index contributed by atoms with van der Waals surface area (Å²) in [6, 6.07) is 12.0. The van der Waals surface area contributed by atoms with Gasteiger partial charge >= 0.3 is 5.97 Å². The Kier molecular flexibility index (Phi) is 7.02. The van der Waals surface area contributed by atoms with Crippen LogP contribution in [0.25, 0.3) is 0 Å². The number of nitrogens with one attached hydrogen (secondary N) is 1. The van der Waals surface area contributed by atoms with Gasteiger partial charge in [-0.05, 0) is 43.7 Å². The molecule has 26 heavy (non-hydrogen) atoms. The van der Waals surface area contributed by atoms with Gasteiger partial charge in [0.1, 0.15) is 11.5 Å². The number of carbonyl (C=O) groups is 2. The van der Waals surface area contributed by atoms with E-state index in [1.54, 1.807) is 42.5 Å². The van der Waals surface area contributed by atoms with Gasteiger partial charge in [0.15, 0.2) is 0 Å². The van der Waals surface area contributed by atoms with Crippen molar-refractivity contribution >= 4 is 11.9 Å². The van der Waals surface area contributed by atoms with Crippen LogP contribution in [0.3, 0.4) is 0 Å². The van der Waals surface area contributed by atoms with Crippen molar-refractivity contribution < 1.29 is 23.8 Å². The normalized spacial score (nSPS) is 10.1. The van der Waals surface area contributed by atoms with Gasteiger partial charge in [-0.25, -0.2) is 4.79 Å². The summed E-state index contributed by atoms with van der Waals surface area (Å²) in [7, 11) is 1.34. The first-order valence-electron chi connectivity index (χ1n) is 8.43. The summed E-state index contributed by atoms with van der Waals surface area (Å²) in [5.41, 5.74) is 1.80. The Morgan fingerprint density at radius 3 is 1.96 bits per heavy atom. The first-order chi connectivity index (χ1) is 12.6. The van der Waals surface area contributed by atoms with E-state index in [4.69, 9.17) is 9.47 Å². The molecule has 6 nitrogen and oxygen atoms in total. The van der Waals surface area contributed by atoms with E-state index in [0.29, 0.717) is 42.4 Å². The Morgan fingerprint density at radius 2 is 1.46 bits per heavy atom. The number of ether oxygens (including phenoxy) is 3. The molecule has 0 aromatic heterocycles. The van der Waals surface area contributed by atoms with E-state index >= 15 is 0 Å². The molecule has 0 aliphatic heterocycles. The number of carbonyl (C=O) groups excluding carboxylic acids is 2. The molecule has 1 N–H and O–H groups in total. The summed E-state index contributed by atoms with van der Waals surface area (Å²) in [6.07, 6.45) is 0. The Bertz CT molecular complexity index is 731. The maximum absolute atomic E-state index is 12.5. The van der Waals surface area contributed by atoms with Crippen LogP contribution in [0.2, 0.25) is 0 Å².